The van der Waals surface area contributed by atoms with Gasteiger partial charge in [0, 0.05) is 50.6 Å². The van der Waals surface area contributed by atoms with Gasteiger partial charge in [0.05, 0.1) is 11.7 Å². The highest BCUT2D eigenvalue weighted by molar-refractivity contribution is 6.00. The number of carbonyl (C=O) groups is 3. The van der Waals surface area contributed by atoms with Crippen molar-refractivity contribution in [1.82, 2.24) is 30.2 Å². The molecule has 3 amide bonds. The lowest BCUT2D eigenvalue weighted by atomic mass is 9.79. The number of unbranched alkanes of at least 4 members (excludes halogenated alkanes) is 1. The van der Waals surface area contributed by atoms with E-state index < -0.39 is 11.6 Å². The van der Waals surface area contributed by atoms with Crippen molar-refractivity contribution in [1.29, 1.82) is 0 Å². The molecule has 0 saturated carbocycles. The fourth-order valence-electron chi connectivity index (χ4n) is 6.39. The smallest absolute Gasteiger partial charge is 0.253 e. The normalized spacial score (nSPS) is 20.2. The molecule has 40 heavy (non-hydrogen) atoms. The summed E-state index contributed by atoms with van der Waals surface area (Å²) in [6.07, 6.45) is 3.66. The lowest BCUT2D eigenvalue weighted by molar-refractivity contribution is -0.162. The Balaban J connectivity index is 1.64. The Morgan fingerprint density at radius 2 is 1.77 bits per heavy atom. The van der Waals surface area contributed by atoms with Crippen molar-refractivity contribution in [2.75, 3.05) is 33.7 Å². The van der Waals surface area contributed by atoms with Gasteiger partial charge in [-0.3, -0.25) is 24.4 Å². The molecule has 0 radical (unpaired) electrons. The number of nitrogens with zero attached hydrogens (tertiary/aromatic N) is 4. The van der Waals surface area contributed by atoms with Gasteiger partial charge < -0.3 is 15.1 Å². The van der Waals surface area contributed by atoms with E-state index in [0.29, 0.717) is 50.4 Å². The van der Waals surface area contributed by atoms with E-state index >= 15 is 0 Å². The van der Waals surface area contributed by atoms with E-state index in [0.717, 1.165) is 35.4 Å². The van der Waals surface area contributed by atoms with Crippen LogP contribution in [0.3, 0.4) is 0 Å². The summed E-state index contributed by atoms with van der Waals surface area (Å²) in [5, 5.41) is 10.7. The standard InChI is InChI=1S/C31H46N6O3/c1-8-9-16-37-29(39)25(19-20(2)3)32-30(40)31(37)14-17-36(18-15-31)27(26-21(4)33-34-22(26)5)23-10-12-24(13-11-23)28(38)35(6)7/h10-13,20,25,27H,8-9,14-19H2,1-7H3,(H,32,40)(H,33,34)/t25-,27?/m0/s1. The van der Waals surface area contributed by atoms with E-state index in [1.807, 2.05) is 43.0 Å². The molecule has 1 aromatic carbocycles. The maximum atomic E-state index is 13.7. The zero-order chi connectivity index (χ0) is 29.2. The first-order chi connectivity index (χ1) is 19.0. The quantitative estimate of drug-likeness (QED) is 0.494. The van der Waals surface area contributed by atoms with Crippen molar-refractivity contribution in [3.63, 3.8) is 0 Å². The van der Waals surface area contributed by atoms with Crippen molar-refractivity contribution < 1.29 is 14.4 Å². The molecule has 2 aromatic rings. The van der Waals surface area contributed by atoms with Crippen LogP contribution in [0.5, 0.6) is 0 Å². The summed E-state index contributed by atoms with van der Waals surface area (Å²) in [5.74, 6) is 0.344. The minimum absolute atomic E-state index is 0.00715. The summed E-state index contributed by atoms with van der Waals surface area (Å²) in [6.45, 7) is 12.3. The van der Waals surface area contributed by atoms with Crippen LogP contribution < -0.4 is 5.32 Å². The fraction of sp³-hybridized carbons (Fsp3) is 0.613. The Kier molecular flexibility index (Phi) is 9.02. The first-order valence-corrected chi connectivity index (χ1v) is 14.7. The van der Waals surface area contributed by atoms with E-state index in [-0.39, 0.29) is 23.8 Å². The second-order valence-electron chi connectivity index (χ2n) is 12.1. The van der Waals surface area contributed by atoms with Crippen molar-refractivity contribution in [3.8, 4) is 0 Å². The number of H-pyrrole nitrogens is 1. The number of amides is 3. The second-order valence-corrected chi connectivity index (χ2v) is 12.1. The van der Waals surface area contributed by atoms with Gasteiger partial charge in [-0.05, 0) is 63.1 Å². The molecule has 2 fully saturated rings. The van der Waals surface area contributed by atoms with Crippen molar-refractivity contribution >= 4 is 17.7 Å². The number of piperidine rings is 1. The van der Waals surface area contributed by atoms with Crippen LogP contribution in [0.15, 0.2) is 24.3 Å². The first kappa shape index (κ1) is 29.8. The zero-order valence-electron chi connectivity index (χ0n) is 25.2. The molecule has 2 aliphatic rings. The Morgan fingerprint density at radius 3 is 2.30 bits per heavy atom. The van der Waals surface area contributed by atoms with Crippen LogP contribution in [0.4, 0.5) is 0 Å². The van der Waals surface area contributed by atoms with Gasteiger partial charge in [-0.2, -0.15) is 5.10 Å². The topological polar surface area (TPSA) is 102 Å². The number of aromatic nitrogens is 2. The van der Waals surface area contributed by atoms with Gasteiger partial charge in [-0.25, -0.2) is 0 Å². The summed E-state index contributed by atoms with van der Waals surface area (Å²) in [6, 6.07) is 7.29. The van der Waals surface area contributed by atoms with E-state index in [9.17, 15) is 14.4 Å². The number of likely N-dealkylation sites (tertiary alicyclic amines) is 1. The van der Waals surface area contributed by atoms with Crippen LogP contribution >= 0.6 is 0 Å². The predicted octanol–water partition coefficient (Wildman–Crippen LogP) is 3.83. The van der Waals surface area contributed by atoms with Crippen LogP contribution in [0.1, 0.15) is 91.8 Å². The fourth-order valence-corrected chi connectivity index (χ4v) is 6.39. The number of hydrogen-bond donors (Lipinski definition) is 2. The average molecular weight is 551 g/mol. The van der Waals surface area contributed by atoms with Crippen molar-refractivity contribution in [3.05, 3.63) is 52.3 Å². The maximum Gasteiger partial charge on any atom is 0.253 e. The highest BCUT2D eigenvalue weighted by Crippen LogP contribution is 2.40. The van der Waals surface area contributed by atoms with Gasteiger partial charge >= 0.3 is 0 Å². The Morgan fingerprint density at radius 1 is 1.12 bits per heavy atom. The van der Waals surface area contributed by atoms with Gasteiger partial charge in [0.15, 0.2) is 0 Å². The molecule has 0 bridgehead atoms. The number of nitrogens with one attached hydrogen (secondary N) is 2. The van der Waals surface area contributed by atoms with Gasteiger partial charge in [-0.1, -0.05) is 39.3 Å². The maximum absolute atomic E-state index is 13.7. The average Bonchev–Trinajstić information content (AvgIpc) is 3.25. The van der Waals surface area contributed by atoms with Gasteiger partial charge in [0.1, 0.15) is 11.6 Å². The van der Waals surface area contributed by atoms with E-state index in [1.54, 1.807) is 19.0 Å². The molecule has 4 rings (SSSR count). The molecule has 1 unspecified atom stereocenters. The molecule has 2 aliphatic heterocycles. The summed E-state index contributed by atoms with van der Waals surface area (Å²) in [5.41, 5.74) is 3.95. The number of benzene rings is 1. The Bertz CT molecular complexity index is 1190. The number of piperazine rings is 1. The number of aryl methyl sites for hydroxylation is 2. The van der Waals surface area contributed by atoms with E-state index in [4.69, 9.17) is 0 Å². The minimum Gasteiger partial charge on any atom is -0.345 e. The molecule has 2 saturated heterocycles. The molecular formula is C31H46N6O3. The monoisotopic (exact) mass is 550 g/mol. The predicted molar refractivity (Wildman–Crippen MR) is 156 cm³/mol. The second kappa shape index (κ2) is 12.1. The minimum atomic E-state index is -0.816. The zero-order valence-corrected chi connectivity index (χ0v) is 25.2. The third kappa shape index (κ3) is 5.66. The Hall–Kier alpha value is -3.20. The van der Waals surface area contributed by atoms with Crippen LogP contribution in [0.2, 0.25) is 0 Å². The molecule has 3 heterocycles. The van der Waals surface area contributed by atoms with Crippen LogP contribution in [-0.4, -0.2) is 87.9 Å². The molecule has 9 heteroatoms. The number of carbonyl (C=O) groups excluding carboxylic acids is 3. The molecule has 218 valence electrons. The first-order valence-electron chi connectivity index (χ1n) is 14.7. The highest BCUT2D eigenvalue weighted by atomic mass is 16.2. The van der Waals surface area contributed by atoms with Crippen LogP contribution in [0.25, 0.3) is 0 Å². The van der Waals surface area contributed by atoms with Crippen LogP contribution in [-0.2, 0) is 9.59 Å². The molecular weight excluding hydrogens is 504 g/mol. The molecule has 1 spiro atoms. The number of rotatable bonds is 9. The molecule has 1 aromatic heterocycles. The number of aromatic amines is 1. The largest absolute Gasteiger partial charge is 0.345 e. The molecule has 2 atom stereocenters. The van der Waals surface area contributed by atoms with Gasteiger partial charge in [0.25, 0.3) is 5.91 Å². The summed E-state index contributed by atoms with van der Waals surface area (Å²) >= 11 is 0. The molecule has 2 N–H and O–H groups in total. The summed E-state index contributed by atoms with van der Waals surface area (Å²) in [4.78, 5) is 45.8. The van der Waals surface area contributed by atoms with Crippen molar-refractivity contribution in [2.24, 2.45) is 5.92 Å². The van der Waals surface area contributed by atoms with Crippen LogP contribution in [0, 0.1) is 19.8 Å². The lowest BCUT2D eigenvalue weighted by Crippen LogP contribution is -2.73. The molecule has 9 nitrogen and oxygen atoms in total. The third-order valence-electron chi connectivity index (χ3n) is 8.58. The summed E-state index contributed by atoms with van der Waals surface area (Å²) < 4.78 is 0. The SMILES string of the molecule is CCCCN1C(=O)[C@H](CC(C)C)NC(=O)C12CCN(C(c1ccc(C(=O)N(C)C)cc1)c1c(C)n[nH]c1C)CC2. The Labute approximate surface area is 238 Å². The van der Waals surface area contributed by atoms with Gasteiger partial charge in [-0.15, -0.1) is 0 Å². The molecule has 0 aliphatic carbocycles. The highest BCUT2D eigenvalue weighted by Gasteiger charge is 2.54. The van der Waals surface area contributed by atoms with E-state index in [1.165, 1.54) is 0 Å². The number of hydrogen-bond acceptors (Lipinski definition) is 5. The van der Waals surface area contributed by atoms with E-state index in [2.05, 4.69) is 41.2 Å². The third-order valence-corrected chi connectivity index (χ3v) is 8.58. The van der Waals surface area contributed by atoms with Crippen molar-refractivity contribution in [2.45, 2.75) is 84.3 Å². The lowest BCUT2D eigenvalue weighted by Gasteiger charge is -2.52. The summed E-state index contributed by atoms with van der Waals surface area (Å²) in [7, 11) is 3.50. The van der Waals surface area contributed by atoms with Gasteiger partial charge in [0.2, 0.25) is 11.8 Å².